The van der Waals surface area contributed by atoms with Gasteiger partial charge in [0.05, 0.1) is 0 Å². The Bertz CT molecular complexity index is 572. The summed E-state index contributed by atoms with van der Waals surface area (Å²) in [5.74, 6) is 0.0985. The molecule has 23 heavy (non-hydrogen) atoms. The number of carbonyl (C=O) groups excluding carboxylic acids is 2. The Labute approximate surface area is 141 Å². The third kappa shape index (κ3) is 4.32. The molecule has 0 radical (unpaired) electrons. The molecule has 3 heterocycles. The van der Waals surface area contributed by atoms with Crippen molar-refractivity contribution >= 4 is 23.2 Å². The number of nitrogens with zero attached hydrogens (tertiary/aromatic N) is 1. The van der Waals surface area contributed by atoms with Crippen molar-refractivity contribution in [3.63, 3.8) is 0 Å². The van der Waals surface area contributed by atoms with E-state index >= 15 is 0 Å². The lowest BCUT2D eigenvalue weighted by molar-refractivity contribution is -0.134. The number of nitrogens with one attached hydrogen (secondary N) is 2. The predicted molar refractivity (Wildman–Crippen MR) is 91.3 cm³/mol. The Kier molecular flexibility index (Phi) is 5.33. The van der Waals surface area contributed by atoms with Crippen LogP contribution < -0.4 is 10.6 Å². The monoisotopic (exact) mass is 335 g/mol. The van der Waals surface area contributed by atoms with E-state index in [9.17, 15) is 9.59 Å². The summed E-state index contributed by atoms with van der Waals surface area (Å²) in [6, 6.07) is 2.80. The normalized spacial score (nSPS) is 24.1. The largest absolute Gasteiger partial charge is 0.353 e. The fourth-order valence-electron chi connectivity index (χ4n) is 3.40. The zero-order chi connectivity index (χ0) is 16.2. The van der Waals surface area contributed by atoms with Gasteiger partial charge in [0.15, 0.2) is 0 Å². The molecule has 5 nitrogen and oxygen atoms in total. The lowest BCUT2D eigenvalue weighted by Crippen LogP contribution is -2.46. The van der Waals surface area contributed by atoms with E-state index in [0.29, 0.717) is 25.4 Å². The smallest absolute Gasteiger partial charge is 0.223 e. The van der Waals surface area contributed by atoms with E-state index in [1.54, 1.807) is 11.3 Å². The van der Waals surface area contributed by atoms with Crippen LogP contribution in [0, 0.1) is 0 Å². The second-order valence-electron chi connectivity index (χ2n) is 6.58. The molecule has 1 fully saturated rings. The fourth-order valence-corrected chi connectivity index (χ4v) is 4.29. The highest BCUT2D eigenvalue weighted by atomic mass is 32.1. The van der Waals surface area contributed by atoms with Crippen molar-refractivity contribution in [2.45, 2.75) is 57.7 Å². The quantitative estimate of drug-likeness (QED) is 0.880. The third-order valence-corrected chi connectivity index (χ3v) is 5.74. The molecule has 2 aliphatic heterocycles. The summed E-state index contributed by atoms with van der Waals surface area (Å²) in [6.07, 6.45) is 3.48. The summed E-state index contributed by atoms with van der Waals surface area (Å²) in [4.78, 5) is 27.7. The number of fused-ring (bicyclic) bond motifs is 1. The zero-order valence-corrected chi connectivity index (χ0v) is 14.5. The number of piperidine rings is 1. The molecule has 1 saturated heterocycles. The Morgan fingerprint density at radius 1 is 1.43 bits per heavy atom. The predicted octanol–water partition coefficient (Wildman–Crippen LogP) is 1.67. The van der Waals surface area contributed by atoms with E-state index in [1.165, 1.54) is 10.4 Å². The van der Waals surface area contributed by atoms with Crippen molar-refractivity contribution in [1.29, 1.82) is 0 Å². The van der Waals surface area contributed by atoms with E-state index in [1.807, 2.05) is 4.90 Å². The molecule has 1 aromatic heterocycles. The van der Waals surface area contributed by atoms with Crippen molar-refractivity contribution in [2.24, 2.45) is 0 Å². The molecule has 2 atom stereocenters. The van der Waals surface area contributed by atoms with Crippen LogP contribution in [0.1, 0.15) is 43.0 Å². The molecule has 126 valence electrons. The van der Waals surface area contributed by atoms with Crippen LogP contribution in [0.5, 0.6) is 0 Å². The number of hydrogen-bond donors (Lipinski definition) is 2. The molecule has 0 aromatic carbocycles. The summed E-state index contributed by atoms with van der Waals surface area (Å²) in [6.45, 7) is 4.56. The molecule has 1 aromatic rings. The highest BCUT2D eigenvalue weighted by molar-refractivity contribution is 7.10. The van der Waals surface area contributed by atoms with Crippen molar-refractivity contribution in [2.75, 3.05) is 13.1 Å². The molecule has 2 aliphatic rings. The standard InChI is InChI=1S/C17H25N3O2S/c1-12-10-14(4-7-18-12)19-16(21)2-3-17(22)20-8-5-15-13(11-20)6-9-23-15/h6,9,12,14,18H,2-5,7-8,10-11H2,1H3,(H,19,21). The molecule has 0 spiro atoms. The molecule has 0 aliphatic carbocycles. The average molecular weight is 335 g/mol. The van der Waals surface area contributed by atoms with Crippen molar-refractivity contribution in [1.82, 2.24) is 15.5 Å². The first-order valence-corrected chi connectivity index (χ1v) is 9.35. The van der Waals surface area contributed by atoms with Gasteiger partial charge in [0.1, 0.15) is 0 Å². The molecule has 0 bridgehead atoms. The molecule has 2 amide bonds. The SMILES string of the molecule is CC1CC(NC(=O)CCC(=O)N2CCc3sccc3C2)CCN1. The summed E-state index contributed by atoms with van der Waals surface area (Å²) in [5.41, 5.74) is 1.27. The van der Waals surface area contributed by atoms with Gasteiger partial charge in [-0.3, -0.25) is 9.59 Å². The molecule has 3 rings (SSSR count). The number of rotatable bonds is 4. The maximum atomic E-state index is 12.3. The third-order valence-electron chi connectivity index (χ3n) is 4.72. The van der Waals surface area contributed by atoms with Gasteiger partial charge in [0.25, 0.3) is 0 Å². The first-order valence-electron chi connectivity index (χ1n) is 8.47. The van der Waals surface area contributed by atoms with Crippen LogP contribution in [-0.2, 0) is 22.6 Å². The lowest BCUT2D eigenvalue weighted by atomic mass is 10.0. The van der Waals surface area contributed by atoms with Gasteiger partial charge in [0.2, 0.25) is 11.8 Å². The van der Waals surface area contributed by atoms with Crippen molar-refractivity contribution in [3.8, 4) is 0 Å². The van der Waals surface area contributed by atoms with Gasteiger partial charge in [-0.1, -0.05) is 0 Å². The van der Waals surface area contributed by atoms with Gasteiger partial charge in [-0.2, -0.15) is 0 Å². The Morgan fingerprint density at radius 3 is 3.13 bits per heavy atom. The van der Waals surface area contributed by atoms with Crippen molar-refractivity contribution in [3.05, 3.63) is 21.9 Å². The topological polar surface area (TPSA) is 61.4 Å². The molecule has 6 heteroatoms. The lowest BCUT2D eigenvalue weighted by Gasteiger charge is -2.29. The Hall–Kier alpha value is -1.40. The van der Waals surface area contributed by atoms with E-state index < -0.39 is 0 Å². The van der Waals surface area contributed by atoms with Gasteiger partial charge in [-0.25, -0.2) is 0 Å². The second kappa shape index (κ2) is 7.45. The molecule has 2 N–H and O–H groups in total. The first kappa shape index (κ1) is 16.5. The van der Waals surface area contributed by atoms with E-state index in [4.69, 9.17) is 0 Å². The minimum Gasteiger partial charge on any atom is -0.353 e. The minimum atomic E-state index is 0.00526. The summed E-state index contributed by atoms with van der Waals surface area (Å²) >= 11 is 1.77. The highest BCUT2D eigenvalue weighted by Crippen LogP contribution is 2.24. The number of thiophene rings is 1. The Morgan fingerprint density at radius 2 is 2.30 bits per heavy atom. The molecular formula is C17H25N3O2S. The fraction of sp³-hybridized carbons (Fsp3) is 0.647. The number of hydrogen-bond acceptors (Lipinski definition) is 4. The van der Waals surface area contributed by atoms with Gasteiger partial charge < -0.3 is 15.5 Å². The molecule has 0 saturated carbocycles. The molecular weight excluding hydrogens is 310 g/mol. The van der Waals surface area contributed by atoms with E-state index in [-0.39, 0.29) is 17.9 Å². The minimum absolute atomic E-state index is 0.00526. The number of amides is 2. The van der Waals surface area contributed by atoms with Gasteiger partial charge in [0, 0.05) is 42.9 Å². The van der Waals surface area contributed by atoms with E-state index in [0.717, 1.165) is 32.4 Å². The number of carbonyl (C=O) groups is 2. The van der Waals surface area contributed by atoms with Crippen LogP contribution in [0.3, 0.4) is 0 Å². The van der Waals surface area contributed by atoms with Crippen LogP contribution in [0.4, 0.5) is 0 Å². The van der Waals surface area contributed by atoms with Gasteiger partial charge in [-0.15, -0.1) is 11.3 Å². The van der Waals surface area contributed by atoms with Crippen LogP contribution >= 0.6 is 11.3 Å². The molecule has 2 unspecified atom stereocenters. The average Bonchev–Trinajstić information content (AvgIpc) is 3.00. The van der Waals surface area contributed by atoms with Crippen molar-refractivity contribution < 1.29 is 9.59 Å². The Balaban J connectivity index is 1.41. The van der Waals surface area contributed by atoms with Crippen LogP contribution in [0.25, 0.3) is 0 Å². The summed E-state index contributed by atoms with van der Waals surface area (Å²) in [5, 5.41) is 8.53. The van der Waals surface area contributed by atoms with Gasteiger partial charge in [-0.05, 0) is 49.7 Å². The van der Waals surface area contributed by atoms with Crippen LogP contribution in [0.15, 0.2) is 11.4 Å². The second-order valence-corrected chi connectivity index (χ2v) is 7.58. The zero-order valence-electron chi connectivity index (χ0n) is 13.6. The maximum Gasteiger partial charge on any atom is 0.223 e. The van der Waals surface area contributed by atoms with Crippen LogP contribution in [0.2, 0.25) is 0 Å². The summed E-state index contributed by atoms with van der Waals surface area (Å²) < 4.78 is 0. The van der Waals surface area contributed by atoms with E-state index in [2.05, 4.69) is 29.0 Å². The van der Waals surface area contributed by atoms with Gasteiger partial charge >= 0.3 is 0 Å². The highest BCUT2D eigenvalue weighted by Gasteiger charge is 2.23. The maximum absolute atomic E-state index is 12.3. The summed E-state index contributed by atoms with van der Waals surface area (Å²) in [7, 11) is 0. The van der Waals surface area contributed by atoms with Crippen LogP contribution in [-0.4, -0.2) is 41.9 Å². The first-order chi connectivity index (χ1) is 11.1.